The van der Waals surface area contributed by atoms with Crippen molar-refractivity contribution in [2.45, 2.75) is 19.8 Å². The van der Waals surface area contributed by atoms with E-state index in [2.05, 4.69) is 44.9 Å². The van der Waals surface area contributed by atoms with Gasteiger partial charge in [-0.05, 0) is 25.7 Å². The van der Waals surface area contributed by atoms with Crippen LogP contribution in [0.25, 0.3) is 0 Å². The molecule has 1 aliphatic carbocycles. The van der Waals surface area contributed by atoms with Crippen molar-refractivity contribution in [3.8, 4) is 0 Å². The third-order valence-electron chi connectivity index (χ3n) is 3.54. The Bertz CT molecular complexity index is 540. The highest BCUT2D eigenvalue weighted by Gasteiger charge is 2.23. The molecule has 0 aromatic heterocycles. The minimum absolute atomic E-state index is 0. The van der Waals surface area contributed by atoms with Crippen LogP contribution in [0.5, 0.6) is 0 Å². The molecule has 0 amide bonds. The van der Waals surface area contributed by atoms with Gasteiger partial charge in [-0.3, -0.25) is 0 Å². The van der Waals surface area contributed by atoms with E-state index in [9.17, 15) is 0 Å². The summed E-state index contributed by atoms with van der Waals surface area (Å²) in [5.41, 5.74) is 8.69. The van der Waals surface area contributed by atoms with Crippen molar-refractivity contribution in [3.63, 3.8) is 0 Å². The van der Waals surface area contributed by atoms with Crippen molar-refractivity contribution in [1.29, 1.82) is 5.41 Å². The summed E-state index contributed by atoms with van der Waals surface area (Å²) < 4.78 is 0. The fraction of sp³-hybridized carbons (Fsp3) is 0.467. The van der Waals surface area contributed by atoms with Gasteiger partial charge in [-0.15, -0.1) is 0 Å². The van der Waals surface area contributed by atoms with Crippen molar-refractivity contribution in [2.24, 2.45) is 16.8 Å². The standard InChI is InChI=1S/C15H24N6O.2H2/c1-11(12-3-4-12)8-21-9-14(19-10-21)7-18-13(6-16)5-15(17)20-22-2;;/h5-6,8-9,12,16,18-19H,3-4,7,10H2,1-2H3,(H2,17,20);2*1H/b11-8+,13-5+,16-6?;;. The van der Waals surface area contributed by atoms with E-state index in [1.54, 1.807) is 6.08 Å². The number of rotatable bonds is 8. The molecular formula is C15H28N6O. The van der Waals surface area contributed by atoms with E-state index in [0.29, 0.717) is 12.2 Å². The lowest BCUT2D eigenvalue weighted by Crippen LogP contribution is -2.25. The second-order valence-electron chi connectivity index (χ2n) is 5.45. The van der Waals surface area contributed by atoms with Gasteiger partial charge in [0.25, 0.3) is 0 Å². The zero-order valence-electron chi connectivity index (χ0n) is 13.1. The van der Waals surface area contributed by atoms with Crippen LogP contribution in [0.3, 0.4) is 0 Å². The van der Waals surface area contributed by atoms with Crippen LogP contribution >= 0.6 is 0 Å². The molecule has 7 nitrogen and oxygen atoms in total. The maximum atomic E-state index is 7.38. The monoisotopic (exact) mass is 308 g/mol. The minimum Gasteiger partial charge on any atom is -0.397 e. The number of allylic oxidation sites excluding steroid dienone is 2. The van der Waals surface area contributed by atoms with Crippen LogP contribution < -0.4 is 16.4 Å². The maximum absolute atomic E-state index is 7.38. The second-order valence-corrected chi connectivity index (χ2v) is 5.45. The Morgan fingerprint density at radius 1 is 1.68 bits per heavy atom. The molecule has 2 rings (SSSR count). The third-order valence-corrected chi connectivity index (χ3v) is 3.54. The smallest absolute Gasteiger partial charge is 0.165 e. The molecule has 0 saturated heterocycles. The molecule has 124 valence electrons. The number of nitrogens with one attached hydrogen (secondary N) is 3. The average molecular weight is 308 g/mol. The number of nitrogens with two attached hydrogens (primary N) is 1. The van der Waals surface area contributed by atoms with Crippen LogP contribution in [0.1, 0.15) is 22.6 Å². The van der Waals surface area contributed by atoms with Gasteiger partial charge >= 0.3 is 0 Å². The second kappa shape index (κ2) is 7.53. The summed E-state index contributed by atoms with van der Waals surface area (Å²) in [6.45, 7) is 3.56. The van der Waals surface area contributed by atoms with Gasteiger partial charge in [-0.2, -0.15) is 0 Å². The van der Waals surface area contributed by atoms with E-state index >= 15 is 0 Å². The molecule has 0 unspecified atom stereocenters. The molecule has 1 heterocycles. The van der Waals surface area contributed by atoms with Crippen molar-refractivity contribution in [3.05, 3.63) is 35.4 Å². The molecule has 0 aromatic carbocycles. The predicted octanol–water partition coefficient (Wildman–Crippen LogP) is 1.54. The molecule has 0 spiro atoms. The number of hydrogen-bond donors (Lipinski definition) is 4. The van der Waals surface area contributed by atoms with Gasteiger partial charge < -0.3 is 31.5 Å². The van der Waals surface area contributed by atoms with E-state index in [-0.39, 0.29) is 8.69 Å². The van der Waals surface area contributed by atoms with Crippen LogP contribution in [0.2, 0.25) is 0 Å². The van der Waals surface area contributed by atoms with E-state index in [4.69, 9.17) is 11.1 Å². The molecule has 0 bridgehead atoms. The van der Waals surface area contributed by atoms with Crippen molar-refractivity contribution >= 4 is 12.1 Å². The Morgan fingerprint density at radius 3 is 3.09 bits per heavy atom. The van der Waals surface area contributed by atoms with E-state index in [0.717, 1.165) is 18.3 Å². The van der Waals surface area contributed by atoms with Crippen LogP contribution in [0.15, 0.2) is 40.6 Å². The Morgan fingerprint density at radius 2 is 2.45 bits per heavy atom. The number of amidine groups is 1. The van der Waals surface area contributed by atoms with Crippen LogP contribution in [-0.4, -0.2) is 37.3 Å². The Balaban J connectivity index is 0.00000264. The SMILES string of the molecule is CO/N=C(N)/C=C(\C=N)NCC1=CN(/C=C(\C)C2CC2)CN1.[HH].[HH]. The third kappa shape index (κ3) is 4.83. The quantitative estimate of drug-likeness (QED) is 0.310. The Hall–Kier alpha value is -2.44. The summed E-state index contributed by atoms with van der Waals surface area (Å²) in [5.74, 6) is 0.998. The molecule has 1 aliphatic heterocycles. The minimum atomic E-state index is 0. The lowest BCUT2D eigenvalue weighted by Gasteiger charge is -2.09. The van der Waals surface area contributed by atoms with E-state index < -0.39 is 0 Å². The molecule has 1 saturated carbocycles. The lowest BCUT2D eigenvalue weighted by atomic mass is 10.2. The molecule has 7 heteroatoms. The van der Waals surface area contributed by atoms with Gasteiger partial charge in [0, 0.05) is 33.2 Å². The van der Waals surface area contributed by atoms with Gasteiger partial charge in [-0.1, -0.05) is 10.7 Å². The van der Waals surface area contributed by atoms with Crippen LogP contribution in [-0.2, 0) is 4.84 Å². The Kier molecular flexibility index (Phi) is 5.46. The number of hydrogen-bond acceptors (Lipinski definition) is 6. The van der Waals surface area contributed by atoms with Crippen molar-refractivity contribution in [2.75, 3.05) is 20.3 Å². The molecule has 22 heavy (non-hydrogen) atoms. The first kappa shape index (κ1) is 15.9. The Labute approximate surface area is 134 Å². The number of nitrogens with zero attached hydrogens (tertiary/aromatic N) is 2. The molecule has 1 fully saturated rings. The highest BCUT2D eigenvalue weighted by Crippen LogP contribution is 2.36. The largest absolute Gasteiger partial charge is 0.397 e. The highest BCUT2D eigenvalue weighted by molar-refractivity contribution is 5.96. The number of oxime groups is 1. The van der Waals surface area contributed by atoms with Crippen molar-refractivity contribution < 1.29 is 7.69 Å². The first-order valence-electron chi connectivity index (χ1n) is 7.33. The zero-order chi connectivity index (χ0) is 15.9. The van der Waals surface area contributed by atoms with E-state index in [1.807, 2.05) is 0 Å². The summed E-state index contributed by atoms with van der Waals surface area (Å²) >= 11 is 0. The van der Waals surface area contributed by atoms with Crippen LogP contribution in [0, 0.1) is 11.3 Å². The molecular weight excluding hydrogens is 280 g/mol. The van der Waals surface area contributed by atoms with Gasteiger partial charge in [0.2, 0.25) is 0 Å². The van der Waals surface area contributed by atoms with Gasteiger partial charge in [0.1, 0.15) is 7.11 Å². The summed E-state index contributed by atoms with van der Waals surface area (Å²) in [5, 5.41) is 17.4. The molecule has 5 N–H and O–H groups in total. The first-order valence-corrected chi connectivity index (χ1v) is 7.33. The van der Waals surface area contributed by atoms with Crippen LogP contribution in [0.4, 0.5) is 0 Å². The molecule has 0 radical (unpaired) electrons. The van der Waals surface area contributed by atoms with Gasteiger partial charge in [0.05, 0.1) is 18.9 Å². The molecule has 2 aliphatic rings. The van der Waals surface area contributed by atoms with Gasteiger partial charge in [-0.25, -0.2) is 0 Å². The topological polar surface area (TPSA) is 98.8 Å². The van der Waals surface area contributed by atoms with Crippen molar-refractivity contribution in [1.82, 2.24) is 15.5 Å². The normalized spacial score (nSPS) is 19.6. The summed E-state index contributed by atoms with van der Waals surface area (Å²) in [7, 11) is 1.43. The molecule has 0 aromatic rings. The maximum Gasteiger partial charge on any atom is 0.165 e. The van der Waals surface area contributed by atoms with Gasteiger partial charge in [0.15, 0.2) is 5.84 Å². The fourth-order valence-electron chi connectivity index (χ4n) is 2.21. The highest BCUT2D eigenvalue weighted by atomic mass is 16.6. The summed E-state index contributed by atoms with van der Waals surface area (Å²) in [6, 6.07) is 0. The summed E-state index contributed by atoms with van der Waals surface area (Å²) in [6.07, 6.45) is 9.67. The van der Waals surface area contributed by atoms with E-state index in [1.165, 1.54) is 31.7 Å². The fourth-order valence-corrected chi connectivity index (χ4v) is 2.21. The summed E-state index contributed by atoms with van der Waals surface area (Å²) in [4.78, 5) is 6.73. The molecule has 0 atom stereocenters. The zero-order valence-corrected chi connectivity index (χ0v) is 13.1. The lowest BCUT2D eigenvalue weighted by molar-refractivity contribution is 0.213. The predicted molar refractivity (Wildman–Crippen MR) is 92.1 cm³/mol. The average Bonchev–Trinajstić information content (AvgIpc) is 3.25. The first-order chi connectivity index (χ1) is 10.6.